The average molecular weight is 240 g/mol. The lowest BCUT2D eigenvalue weighted by molar-refractivity contribution is -0.389. The minimum Gasteiger partial charge on any atom is -0.358 e. The molecule has 0 aliphatic carbocycles. The third kappa shape index (κ3) is 2.15. The number of nitrogen functional groups attached to an aromatic ring is 1. The van der Waals surface area contributed by atoms with Gasteiger partial charge in [-0.3, -0.25) is 5.43 Å². The minimum absolute atomic E-state index is 0.165. The van der Waals surface area contributed by atoms with Crippen molar-refractivity contribution in [2.24, 2.45) is 5.84 Å². The van der Waals surface area contributed by atoms with E-state index in [2.05, 4.69) is 15.4 Å². The zero-order chi connectivity index (χ0) is 11.5. The highest BCUT2D eigenvalue weighted by molar-refractivity contribution is 7.15. The number of hydrazine groups is 1. The summed E-state index contributed by atoms with van der Waals surface area (Å²) in [6, 6.07) is 0. The molecule has 3 N–H and O–H groups in total. The lowest BCUT2D eigenvalue weighted by Crippen LogP contribution is -2.05. The highest BCUT2D eigenvalue weighted by atomic mass is 32.1. The Labute approximate surface area is 93.9 Å². The van der Waals surface area contributed by atoms with Crippen LogP contribution in [0.1, 0.15) is 4.88 Å². The fraction of sp³-hybridized carbons (Fsp3) is 0.143. The van der Waals surface area contributed by atoms with Crippen LogP contribution in [0.2, 0.25) is 0 Å². The molecule has 2 heterocycles. The third-order valence-corrected chi connectivity index (χ3v) is 2.74. The monoisotopic (exact) mass is 240 g/mol. The van der Waals surface area contributed by atoms with E-state index in [1.54, 1.807) is 10.8 Å². The summed E-state index contributed by atoms with van der Waals surface area (Å²) in [5, 5.41) is 11.0. The highest BCUT2D eigenvalue weighted by Crippen LogP contribution is 2.18. The van der Waals surface area contributed by atoms with Crippen LogP contribution in [0, 0.1) is 10.1 Å². The summed E-state index contributed by atoms with van der Waals surface area (Å²) in [5.74, 6) is 5.02. The van der Waals surface area contributed by atoms with Crippen LogP contribution in [0.4, 0.5) is 10.9 Å². The Bertz CT molecular complexity index is 506. The summed E-state index contributed by atoms with van der Waals surface area (Å²) in [4.78, 5) is 18.4. The fourth-order valence-corrected chi connectivity index (χ4v) is 1.89. The van der Waals surface area contributed by atoms with E-state index in [9.17, 15) is 10.1 Å². The largest absolute Gasteiger partial charge is 0.381 e. The number of nitro groups is 1. The molecule has 0 fully saturated rings. The molecule has 2 aromatic rings. The Morgan fingerprint density at radius 3 is 3.00 bits per heavy atom. The number of anilines is 1. The predicted octanol–water partition coefficient (Wildman–Crippen LogP) is 0.582. The quantitative estimate of drug-likeness (QED) is 0.459. The van der Waals surface area contributed by atoms with Crippen LogP contribution in [0.25, 0.3) is 0 Å². The van der Waals surface area contributed by atoms with E-state index in [1.807, 2.05) is 0 Å². The molecular weight excluding hydrogens is 232 g/mol. The number of thiazole rings is 1. The first-order chi connectivity index (χ1) is 7.69. The molecule has 2 rings (SSSR count). The molecule has 0 amide bonds. The standard InChI is InChI=1S/C7H8N6O2S/c8-11-7-9-1-5(16-7)2-12-3-6(10-4-12)13(14)15/h1,3-4H,2,8H2,(H,9,11). The zero-order valence-electron chi connectivity index (χ0n) is 8.03. The van der Waals surface area contributed by atoms with E-state index < -0.39 is 4.92 Å². The molecule has 2 aromatic heterocycles. The molecule has 16 heavy (non-hydrogen) atoms. The summed E-state index contributed by atoms with van der Waals surface area (Å²) >= 11 is 1.38. The van der Waals surface area contributed by atoms with Gasteiger partial charge in [-0.1, -0.05) is 11.3 Å². The molecule has 9 heteroatoms. The van der Waals surface area contributed by atoms with Crippen molar-refractivity contribution in [1.29, 1.82) is 0 Å². The number of rotatable bonds is 4. The van der Waals surface area contributed by atoms with Gasteiger partial charge >= 0.3 is 5.82 Å². The summed E-state index contributed by atoms with van der Waals surface area (Å²) in [5.41, 5.74) is 2.43. The van der Waals surface area contributed by atoms with Crippen molar-refractivity contribution >= 4 is 22.3 Å². The number of hydrogen-bond acceptors (Lipinski definition) is 7. The Hall–Kier alpha value is -2.00. The van der Waals surface area contributed by atoms with Crippen molar-refractivity contribution in [1.82, 2.24) is 14.5 Å². The maximum Gasteiger partial charge on any atom is 0.381 e. The molecule has 0 saturated carbocycles. The second kappa shape index (κ2) is 4.24. The first-order valence-electron chi connectivity index (χ1n) is 4.26. The van der Waals surface area contributed by atoms with Crippen LogP contribution in [-0.2, 0) is 6.54 Å². The van der Waals surface area contributed by atoms with Gasteiger partial charge in [0.1, 0.15) is 6.20 Å². The van der Waals surface area contributed by atoms with Crippen LogP contribution >= 0.6 is 11.3 Å². The number of nitrogens with one attached hydrogen (secondary N) is 1. The highest BCUT2D eigenvalue weighted by Gasteiger charge is 2.10. The van der Waals surface area contributed by atoms with Gasteiger partial charge in [-0.25, -0.2) is 10.8 Å². The normalized spacial score (nSPS) is 10.3. The topological polar surface area (TPSA) is 112 Å². The van der Waals surface area contributed by atoms with Gasteiger partial charge in [0.2, 0.25) is 6.33 Å². The molecule has 0 spiro atoms. The van der Waals surface area contributed by atoms with Crippen LogP contribution in [0.5, 0.6) is 0 Å². The lowest BCUT2D eigenvalue weighted by Gasteiger charge is -1.94. The second-order valence-corrected chi connectivity index (χ2v) is 4.05. The first kappa shape index (κ1) is 10.5. The molecule has 0 unspecified atom stereocenters. The molecular formula is C7H8N6O2S. The molecule has 0 atom stereocenters. The van der Waals surface area contributed by atoms with Crippen molar-refractivity contribution in [2.45, 2.75) is 6.54 Å². The minimum atomic E-state index is -0.532. The Morgan fingerprint density at radius 1 is 1.62 bits per heavy atom. The number of hydrogen-bond donors (Lipinski definition) is 2. The number of nitrogens with two attached hydrogens (primary N) is 1. The van der Waals surface area contributed by atoms with Gasteiger partial charge in [0.25, 0.3) is 0 Å². The number of aromatic nitrogens is 3. The molecule has 0 aliphatic heterocycles. The Kier molecular flexibility index (Phi) is 2.79. The molecule has 84 valence electrons. The first-order valence-corrected chi connectivity index (χ1v) is 5.08. The maximum atomic E-state index is 10.4. The summed E-state index contributed by atoms with van der Waals surface area (Å²) in [6.07, 6.45) is 4.44. The van der Waals surface area contributed by atoms with E-state index in [1.165, 1.54) is 23.9 Å². The van der Waals surface area contributed by atoms with E-state index >= 15 is 0 Å². The van der Waals surface area contributed by atoms with Crippen molar-refractivity contribution in [3.05, 3.63) is 33.7 Å². The van der Waals surface area contributed by atoms with Crippen molar-refractivity contribution < 1.29 is 4.92 Å². The van der Waals surface area contributed by atoms with Crippen LogP contribution in [0.15, 0.2) is 18.7 Å². The van der Waals surface area contributed by atoms with Crippen molar-refractivity contribution in [3.8, 4) is 0 Å². The molecule has 0 aliphatic rings. The number of nitrogens with zero attached hydrogens (tertiary/aromatic N) is 4. The van der Waals surface area contributed by atoms with E-state index in [-0.39, 0.29) is 5.82 Å². The Balaban J connectivity index is 2.11. The third-order valence-electron chi connectivity index (χ3n) is 1.82. The van der Waals surface area contributed by atoms with Gasteiger partial charge in [-0.15, -0.1) is 0 Å². The lowest BCUT2D eigenvalue weighted by atomic mass is 10.5. The van der Waals surface area contributed by atoms with Crippen molar-refractivity contribution in [2.75, 3.05) is 5.43 Å². The second-order valence-electron chi connectivity index (χ2n) is 2.94. The van der Waals surface area contributed by atoms with Gasteiger partial charge < -0.3 is 14.7 Å². The Morgan fingerprint density at radius 2 is 2.44 bits per heavy atom. The van der Waals surface area contributed by atoms with Gasteiger partial charge in [-0.05, 0) is 9.91 Å². The van der Waals surface area contributed by atoms with E-state index in [4.69, 9.17) is 5.84 Å². The van der Waals surface area contributed by atoms with Crippen LogP contribution < -0.4 is 11.3 Å². The molecule has 0 aromatic carbocycles. The summed E-state index contributed by atoms with van der Waals surface area (Å²) in [7, 11) is 0. The van der Waals surface area contributed by atoms with Crippen molar-refractivity contribution in [3.63, 3.8) is 0 Å². The predicted molar refractivity (Wildman–Crippen MR) is 57.9 cm³/mol. The average Bonchev–Trinajstić information content (AvgIpc) is 2.87. The van der Waals surface area contributed by atoms with Gasteiger partial charge in [0, 0.05) is 11.1 Å². The van der Waals surface area contributed by atoms with Gasteiger partial charge in [-0.2, -0.15) is 0 Å². The molecule has 0 radical (unpaired) electrons. The molecule has 0 saturated heterocycles. The number of imidazole rings is 1. The van der Waals surface area contributed by atoms with E-state index in [0.29, 0.717) is 11.7 Å². The van der Waals surface area contributed by atoms with Gasteiger partial charge in [0.05, 0.1) is 6.54 Å². The SMILES string of the molecule is NNc1ncc(Cn2cnc([N+](=O)[O-])c2)s1. The van der Waals surface area contributed by atoms with Crippen LogP contribution in [0.3, 0.4) is 0 Å². The smallest absolute Gasteiger partial charge is 0.358 e. The van der Waals surface area contributed by atoms with Gasteiger partial charge in [0.15, 0.2) is 5.13 Å². The summed E-state index contributed by atoms with van der Waals surface area (Å²) in [6.45, 7) is 0.486. The molecule has 0 bridgehead atoms. The van der Waals surface area contributed by atoms with Crippen LogP contribution in [-0.4, -0.2) is 19.5 Å². The zero-order valence-corrected chi connectivity index (χ0v) is 8.85. The summed E-state index contributed by atoms with van der Waals surface area (Å²) < 4.78 is 1.62. The molecule has 8 nitrogen and oxygen atoms in total. The maximum absolute atomic E-state index is 10.4. The fourth-order valence-electron chi connectivity index (χ4n) is 1.16. The van der Waals surface area contributed by atoms with E-state index in [0.717, 1.165) is 4.88 Å².